The van der Waals surface area contributed by atoms with Gasteiger partial charge in [0.15, 0.2) is 24.6 Å². The number of ether oxygens (including phenoxy) is 5. The smallest absolute Gasteiger partial charge is 0.335 e. The van der Waals surface area contributed by atoms with E-state index in [0.717, 1.165) is 0 Å². The lowest BCUT2D eigenvalue weighted by atomic mass is 10.0. The Hall–Kier alpha value is -2.75. The summed E-state index contributed by atoms with van der Waals surface area (Å²) in [7, 11) is 0. The normalized spacial score (nSPS) is 24.2. The van der Waals surface area contributed by atoms with Crippen LogP contribution in [0.25, 0.3) is 0 Å². The molecule has 5 atom stereocenters. The second-order valence-corrected chi connectivity index (χ2v) is 7.06. The highest BCUT2D eigenvalue weighted by atomic mass is 16.7. The van der Waals surface area contributed by atoms with Gasteiger partial charge in [-0.05, 0) is 33.3 Å². The Bertz CT molecular complexity index is 752. The first-order chi connectivity index (χ1) is 13.8. The maximum atomic E-state index is 12.2. The molecule has 0 aliphatic carbocycles. The Labute approximate surface area is 175 Å². The summed E-state index contributed by atoms with van der Waals surface area (Å²) in [5.41, 5.74) is 0.492. The third kappa shape index (κ3) is 6.94. The van der Waals surface area contributed by atoms with Crippen molar-refractivity contribution in [2.75, 3.05) is 6.61 Å². The zero-order chi connectivity index (χ0) is 23.2. The van der Waals surface area contributed by atoms with Crippen LogP contribution in [0, 0.1) is 0 Å². The average Bonchev–Trinajstić information content (AvgIpc) is 2.64. The molecule has 0 aromatic rings. The Morgan fingerprint density at radius 3 is 1.77 bits per heavy atom. The van der Waals surface area contributed by atoms with Gasteiger partial charge < -0.3 is 28.8 Å². The lowest BCUT2D eigenvalue weighted by Gasteiger charge is -2.41. The SMILES string of the molecule is C=C(C)C(=O)OC1OC[C@@H](OC(=O)C(=C)C)[C@@H](OC(=O)C(=C)C)C1OC(O)C(=C)C. The van der Waals surface area contributed by atoms with E-state index in [2.05, 4.69) is 26.3 Å². The maximum Gasteiger partial charge on any atom is 0.335 e. The first-order valence-electron chi connectivity index (χ1n) is 9.05. The summed E-state index contributed by atoms with van der Waals surface area (Å²) >= 11 is 0. The number of esters is 3. The van der Waals surface area contributed by atoms with Crippen molar-refractivity contribution >= 4 is 17.9 Å². The maximum absolute atomic E-state index is 12.2. The van der Waals surface area contributed by atoms with Crippen molar-refractivity contribution in [3.05, 3.63) is 48.6 Å². The zero-order valence-corrected chi connectivity index (χ0v) is 17.6. The van der Waals surface area contributed by atoms with Crippen LogP contribution in [0.15, 0.2) is 48.6 Å². The number of hydrogen-bond donors (Lipinski definition) is 1. The Morgan fingerprint density at radius 2 is 1.30 bits per heavy atom. The highest BCUT2D eigenvalue weighted by Gasteiger charge is 2.49. The predicted molar refractivity (Wildman–Crippen MR) is 106 cm³/mol. The van der Waals surface area contributed by atoms with Crippen LogP contribution < -0.4 is 0 Å². The van der Waals surface area contributed by atoms with E-state index in [-0.39, 0.29) is 28.9 Å². The Morgan fingerprint density at radius 1 is 0.833 bits per heavy atom. The molecule has 1 fully saturated rings. The summed E-state index contributed by atoms with van der Waals surface area (Å²) in [5.74, 6) is -2.35. The van der Waals surface area contributed by atoms with Crippen molar-refractivity contribution in [1.29, 1.82) is 0 Å². The van der Waals surface area contributed by atoms with Gasteiger partial charge in [-0.15, -0.1) is 0 Å². The Balaban J connectivity index is 3.30. The predicted octanol–water partition coefficient (Wildman–Crippen LogP) is 1.72. The van der Waals surface area contributed by atoms with E-state index in [1.54, 1.807) is 0 Å². The molecule has 0 aromatic carbocycles. The van der Waals surface area contributed by atoms with Gasteiger partial charge in [-0.2, -0.15) is 0 Å². The summed E-state index contributed by atoms with van der Waals surface area (Å²) in [6, 6.07) is 0. The fourth-order valence-electron chi connectivity index (χ4n) is 2.17. The van der Waals surface area contributed by atoms with Gasteiger partial charge in [0.1, 0.15) is 0 Å². The molecule has 166 valence electrons. The fraction of sp³-hybridized carbons (Fsp3) is 0.476. The van der Waals surface area contributed by atoms with Crippen molar-refractivity contribution in [1.82, 2.24) is 0 Å². The van der Waals surface area contributed by atoms with E-state index in [1.165, 1.54) is 27.7 Å². The van der Waals surface area contributed by atoms with Crippen molar-refractivity contribution in [2.24, 2.45) is 0 Å². The number of aliphatic hydroxyl groups excluding tert-OH is 1. The zero-order valence-electron chi connectivity index (χ0n) is 17.6. The van der Waals surface area contributed by atoms with E-state index in [4.69, 9.17) is 23.7 Å². The molecule has 9 nitrogen and oxygen atoms in total. The molecule has 1 heterocycles. The Kier molecular flexibility index (Phi) is 9.16. The number of aliphatic hydroxyl groups is 1. The minimum atomic E-state index is -1.51. The van der Waals surface area contributed by atoms with Gasteiger partial charge in [0.05, 0.1) is 6.61 Å². The van der Waals surface area contributed by atoms with Crippen LogP contribution in [0.4, 0.5) is 0 Å². The van der Waals surface area contributed by atoms with Crippen LogP contribution in [-0.2, 0) is 38.1 Å². The van der Waals surface area contributed by atoms with Crippen LogP contribution >= 0.6 is 0 Å². The van der Waals surface area contributed by atoms with Crippen LogP contribution in [0.1, 0.15) is 27.7 Å². The molecule has 0 spiro atoms. The highest BCUT2D eigenvalue weighted by Crippen LogP contribution is 2.28. The average molecular weight is 424 g/mol. The summed E-state index contributed by atoms with van der Waals surface area (Å²) < 4.78 is 26.9. The van der Waals surface area contributed by atoms with E-state index < -0.39 is 48.8 Å². The third-order valence-electron chi connectivity index (χ3n) is 3.86. The molecule has 1 rings (SSSR count). The molecular formula is C21H28O9. The van der Waals surface area contributed by atoms with Crippen LogP contribution in [0.3, 0.4) is 0 Å². The molecule has 3 unspecified atom stereocenters. The van der Waals surface area contributed by atoms with Gasteiger partial charge in [0, 0.05) is 16.7 Å². The summed E-state index contributed by atoms with van der Waals surface area (Å²) in [6.07, 6.45) is -6.71. The monoisotopic (exact) mass is 424 g/mol. The lowest BCUT2D eigenvalue weighted by molar-refractivity contribution is -0.297. The molecule has 0 radical (unpaired) electrons. The van der Waals surface area contributed by atoms with Crippen LogP contribution in [0.5, 0.6) is 0 Å². The van der Waals surface area contributed by atoms with Crippen molar-refractivity contribution in [3.63, 3.8) is 0 Å². The third-order valence-corrected chi connectivity index (χ3v) is 3.86. The minimum absolute atomic E-state index is 0.0705. The molecule has 1 saturated heterocycles. The molecule has 1 aliphatic rings. The highest BCUT2D eigenvalue weighted by molar-refractivity contribution is 5.88. The fourth-order valence-corrected chi connectivity index (χ4v) is 2.17. The lowest BCUT2D eigenvalue weighted by Crippen LogP contribution is -2.59. The van der Waals surface area contributed by atoms with Gasteiger partial charge >= 0.3 is 17.9 Å². The molecule has 9 heteroatoms. The van der Waals surface area contributed by atoms with Gasteiger partial charge in [0.2, 0.25) is 6.29 Å². The van der Waals surface area contributed by atoms with E-state index >= 15 is 0 Å². The number of rotatable bonds is 9. The number of carbonyl (C=O) groups is 3. The molecule has 1 N–H and O–H groups in total. The summed E-state index contributed by atoms with van der Waals surface area (Å²) in [6.45, 7) is 19.6. The quantitative estimate of drug-likeness (QED) is 0.194. The molecule has 1 aliphatic heterocycles. The minimum Gasteiger partial charge on any atom is -0.452 e. The van der Waals surface area contributed by atoms with E-state index in [0.29, 0.717) is 0 Å². The van der Waals surface area contributed by atoms with Gasteiger partial charge in [-0.25, -0.2) is 14.4 Å². The standard InChI is InChI=1S/C21H28O9/c1-10(2)17(22)27-14-9-26-21(30-20(25)13(7)8)16(29-19(24)12(5)6)15(14)28-18(23)11(3)4/h14-16,19,21,24H,1,3,5,7,9H2,2,4,6,8H3/t14-,15-,16?,19?,21?/m1/s1. The van der Waals surface area contributed by atoms with Crippen LogP contribution in [-0.4, -0.2) is 60.5 Å². The molecule has 0 saturated carbocycles. The summed E-state index contributed by atoms with van der Waals surface area (Å²) in [5, 5.41) is 10.1. The van der Waals surface area contributed by atoms with Crippen LogP contribution in [0.2, 0.25) is 0 Å². The van der Waals surface area contributed by atoms with Gasteiger partial charge in [-0.3, -0.25) is 0 Å². The molecule has 30 heavy (non-hydrogen) atoms. The van der Waals surface area contributed by atoms with Crippen molar-refractivity contribution < 1.29 is 43.2 Å². The number of hydrogen-bond acceptors (Lipinski definition) is 9. The van der Waals surface area contributed by atoms with E-state index in [1.807, 2.05) is 0 Å². The van der Waals surface area contributed by atoms with Crippen molar-refractivity contribution in [3.8, 4) is 0 Å². The van der Waals surface area contributed by atoms with Crippen molar-refractivity contribution in [2.45, 2.75) is 58.6 Å². The first kappa shape index (κ1) is 25.3. The first-order valence-corrected chi connectivity index (χ1v) is 9.05. The molecular weight excluding hydrogens is 396 g/mol. The molecule has 0 amide bonds. The summed E-state index contributed by atoms with van der Waals surface area (Å²) in [4.78, 5) is 36.2. The largest absolute Gasteiger partial charge is 0.452 e. The topological polar surface area (TPSA) is 118 Å². The van der Waals surface area contributed by atoms with Gasteiger partial charge in [-0.1, -0.05) is 26.3 Å². The number of carbonyl (C=O) groups excluding carboxylic acids is 3. The molecule has 0 bridgehead atoms. The second-order valence-electron chi connectivity index (χ2n) is 7.06. The van der Waals surface area contributed by atoms with E-state index in [9.17, 15) is 19.5 Å². The molecule has 0 aromatic heterocycles. The van der Waals surface area contributed by atoms with Gasteiger partial charge in [0.25, 0.3) is 0 Å². The second kappa shape index (κ2) is 10.9.